The molecule has 41 heavy (non-hydrogen) atoms. The zero-order valence-electron chi connectivity index (χ0n) is 22.0. The number of nitrogens with one attached hydrogen (secondary N) is 1. The molecule has 16 heteroatoms. The number of piperidine rings is 1. The first kappa shape index (κ1) is 29.2. The number of amides is 4. The van der Waals surface area contributed by atoms with E-state index in [4.69, 9.17) is 64.4 Å². The highest BCUT2D eigenvalue weighted by Crippen LogP contribution is 2.35. The van der Waals surface area contributed by atoms with Crippen molar-refractivity contribution in [2.75, 3.05) is 19.8 Å². The third-order valence-electron chi connectivity index (χ3n) is 7.51. The summed E-state index contributed by atoms with van der Waals surface area (Å²) in [6.07, 6.45) is 0.300. The van der Waals surface area contributed by atoms with Crippen LogP contribution in [0.15, 0.2) is 24.3 Å². The summed E-state index contributed by atoms with van der Waals surface area (Å²) in [4.78, 5) is 52.2. The van der Waals surface area contributed by atoms with Gasteiger partial charge in [-0.3, -0.25) is 24.5 Å². The van der Waals surface area contributed by atoms with E-state index >= 15 is 0 Å². The van der Waals surface area contributed by atoms with E-state index in [1.54, 1.807) is 18.2 Å². The Labute approximate surface area is 246 Å². The number of carbonyl (C=O) groups is 4. The van der Waals surface area contributed by atoms with Crippen LogP contribution < -0.4 is 26.4 Å². The van der Waals surface area contributed by atoms with Gasteiger partial charge in [0.25, 0.3) is 5.91 Å². The topological polar surface area (TPSA) is 105 Å². The van der Waals surface area contributed by atoms with E-state index in [-0.39, 0.29) is 78.0 Å². The van der Waals surface area contributed by atoms with E-state index in [1.807, 2.05) is 0 Å². The summed E-state index contributed by atoms with van der Waals surface area (Å²) in [5, 5.41) is -1.79. The van der Waals surface area contributed by atoms with Crippen LogP contribution in [-0.4, -0.2) is 114 Å². The Bertz CT molecular complexity index is 1480. The minimum absolute atomic E-state index is 0.00911. The molecule has 1 atom stereocenters. The Morgan fingerprint density at radius 2 is 1.76 bits per heavy atom. The second-order valence-electron chi connectivity index (χ2n) is 10.2. The van der Waals surface area contributed by atoms with Gasteiger partial charge in [-0.15, -0.1) is 0 Å². The zero-order chi connectivity index (χ0) is 29.9. The van der Waals surface area contributed by atoms with Gasteiger partial charge in [0, 0.05) is 29.5 Å². The summed E-state index contributed by atoms with van der Waals surface area (Å²) in [6.45, 7) is 0.140. The molecule has 1 unspecified atom stereocenters. The van der Waals surface area contributed by atoms with Gasteiger partial charge >= 0.3 is 0 Å². The minimum Gasteiger partial charge on any atom is -0.502 e. The molecule has 0 saturated carbocycles. The van der Waals surface area contributed by atoms with Crippen molar-refractivity contribution in [1.29, 1.82) is 0 Å². The van der Waals surface area contributed by atoms with Gasteiger partial charge in [-0.2, -0.15) is 0 Å². The largest absolute Gasteiger partial charge is 0.502 e. The Balaban J connectivity index is 1.46. The molecule has 2 aromatic carbocycles. The fourth-order valence-corrected chi connectivity index (χ4v) is 5.45. The van der Waals surface area contributed by atoms with Crippen LogP contribution in [0.1, 0.15) is 39.9 Å². The van der Waals surface area contributed by atoms with Crippen molar-refractivity contribution in [3.05, 3.63) is 46.5 Å². The number of nitrogens with zero attached hydrogens (tertiary/aromatic N) is 2. The minimum atomic E-state index is -2.16. The Kier molecular flexibility index (Phi) is 7.51. The first-order chi connectivity index (χ1) is 19.2. The number of hydrogen-bond donors (Lipinski definition) is 1. The van der Waals surface area contributed by atoms with Crippen LogP contribution in [0.4, 0.5) is 0 Å². The second kappa shape index (κ2) is 10.5. The molecular weight excluding hydrogens is 514 g/mol. The molecule has 2 fully saturated rings. The number of benzene rings is 2. The summed E-state index contributed by atoms with van der Waals surface area (Å²) in [6, 6.07) is 5.19. The summed E-state index contributed by atoms with van der Waals surface area (Å²) < 4.78 is 11.1. The molecule has 190 valence electrons. The van der Waals surface area contributed by atoms with E-state index in [1.165, 1.54) is 15.9 Å². The number of ether oxygens (including phenoxy) is 2. The van der Waals surface area contributed by atoms with Crippen LogP contribution in [0.5, 0.6) is 5.75 Å². The lowest BCUT2D eigenvalue weighted by molar-refractivity contribution is -0.145. The lowest BCUT2D eigenvalue weighted by Crippen LogP contribution is -2.59. The number of carbonyl (C=O) groups excluding carboxylic acids is 4. The number of morpholine rings is 1. The lowest BCUT2D eigenvalue weighted by Gasteiger charge is -2.45. The molecule has 5 rings (SSSR count). The maximum atomic E-state index is 13.2. The summed E-state index contributed by atoms with van der Waals surface area (Å²) in [5.74, 6) is -1.66. The number of fused-ring (bicyclic) bond motifs is 1. The van der Waals surface area contributed by atoms with Gasteiger partial charge in [-0.25, -0.2) is 0 Å². The van der Waals surface area contributed by atoms with Gasteiger partial charge in [0.2, 0.25) is 17.7 Å². The monoisotopic (exact) mass is 533 g/mol. The first-order valence-electron chi connectivity index (χ1n) is 12.7. The predicted octanol–water partition coefficient (Wildman–Crippen LogP) is -4.34. The molecule has 0 bridgehead atoms. The van der Waals surface area contributed by atoms with Crippen molar-refractivity contribution >= 4 is 94.9 Å². The fraction of sp³-hybridized carbons (Fsp3) is 0.360. The van der Waals surface area contributed by atoms with E-state index in [0.717, 1.165) is 0 Å². The molecule has 0 spiro atoms. The van der Waals surface area contributed by atoms with Crippen molar-refractivity contribution < 1.29 is 28.7 Å². The molecule has 1 N–H and O–H groups in total. The maximum absolute atomic E-state index is 13.2. The number of hydrogen-bond acceptors (Lipinski definition) is 6. The highest BCUT2D eigenvalue weighted by atomic mass is 16.5. The molecule has 9 nitrogen and oxygen atoms in total. The average molecular weight is 532 g/mol. The van der Waals surface area contributed by atoms with E-state index in [9.17, 15) is 19.2 Å². The molecule has 2 saturated heterocycles. The predicted molar refractivity (Wildman–Crippen MR) is 155 cm³/mol. The average Bonchev–Trinajstić information content (AvgIpc) is 3.23. The van der Waals surface area contributed by atoms with Crippen LogP contribution in [0.3, 0.4) is 0 Å². The normalized spacial score (nSPS) is 19.8. The fourth-order valence-electron chi connectivity index (χ4n) is 5.45. The summed E-state index contributed by atoms with van der Waals surface area (Å²) >= 11 is 0. The number of imide groups is 1. The molecule has 3 heterocycles. The van der Waals surface area contributed by atoms with Crippen molar-refractivity contribution in [2.45, 2.75) is 36.2 Å². The molecular formula is C25H18B7N3O6. The van der Waals surface area contributed by atoms with Crippen LogP contribution >= 0.6 is 0 Å². The highest BCUT2D eigenvalue weighted by molar-refractivity contribution is 6.56. The summed E-state index contributed by atoms with van der Waals surface area (Å²) in [5.41, 5.74) is 0.356. The smallest absolute Gasteiger partial charge is 0.255 e. The van der Waals surface area contributed by atoms with Crippen molar-refractivity contribution in [3.8, 4) is 5.75 Å². The Morgan fingerprint density at radius 3 is 2.44 bits per heavy atom. The molecule has 3 aliphatic heterocycles. The third kappa shape index (κ3) is 5.04. The van der Waals surface area contributed by atoms with E-state index in [2.05, 4.69) is 5.32 Å². The standard InChI is InChI=1S/C25H18B7N3O6/c26-14-8-13(24(29,30)35-6-7-40-10-18(35)37)20(27)21(28)19(14)25(31,32)41-16-3-1-2-11-12(16)9-34(23(11)39)15-4-5-17(36)33-22(15)38/h1-3,8,15H,4-7,9-10H2,(H,33,36,38). The van der Waals surface area contributed by atoms with Gasteiger partial charge in [0.05, 0.1) is 28.8 Å². The molecule has 3 aliphatic rings. The van der Waals surface area contributed by atoms with Crippen molar-refractivity contribution in [3.63, 3.8) is 0 Å². The Morgan fingerprint density at radius 1 is 1.02 bits per heavy atom. The summed E-state index contributed by atoms with van der Waals surface area (Å²) in [7, 11) is 44.5. The van der Waals surface area contributed by atoms with E-state index < -0.39 is 40.4 Å². The number of rotatable bonds is 6. The van der Waals surface area contributed by atoms with Crippen LogP contribution in [0.25, 0.3) is 0 Å². The molecule has 0 aromatic heterocycles. The van der Waals surface area contributed by atoms with E-state index in [0.29, 0.717) is 5.56 Å². The van der Waals surface area contributed by atoms with Gasteiger partial charge in [-0.1, -0.05) is 28.5 Å². The van der Waals surface area contributed by atoms with Crippen molar-refractivity contribution in [1.82, 2.24) is 15.1 Å². The quantitative estimate of drug-likeness (QED) is 0.298. The van der Waals surface area contributed by atoms with Gasteiger partial charge < -0.3 is 19.3 Å². The maximum Gasteiger partial charge on any atom is 0.255 e. The van der Waals surface area contributed by atoms with Crippen LogP contribution in [0.2, 0.25) is 0 Å². The zero-order valence-corrected chi connectivity index (χ0v) is 22.0. The lowest BCUT2D eigenvalue weighted by atomic mass is 9.49. The van der Waals surface area contributed by atoms with Crippen LogP contribution in [0, 0.1) is 0 Å². The molecule has 2 aromatic rings. The molecule has 14 radical (unpaired) electrons. The van der Waals surface area contributed by atoms with Gasteiger partial charge in [-0.05, 0) is 35.0 Å². The van der Waals surface area contributed by atoms with Gasteiger partial charge in [0.1, 0.15) is 57.6 Å². The molecule has 4 amide bonds. The third-order valence-corrected chi connectivity index (χ3v) is 7.51. The first-order valence-corrected chi connectivity index (χ1v) is 12.7. The molecule has 0 aliphatic carbocycles. The van der Waals surface area contributed by atoms with Crippen LogP contribution in [-0.2, 0) is 36.4 Å². The highest BCUT2D eigenvalue weighted by Gasteiger charge is 2.41. The second-order valence-corrected chi connectivity index (χ2v) is 10.2. The Hall–Kier alpha value is -3.27. The van der Waals surface area contributed by atoms with Gasteiger partial charge in [0.15, 0.2) is 0 Å². The van der Waals surface area contributed by atoms with Crippen molar-refractivity contribution in [2.24, 2.45) is 0 Å². The SMILES string of the molecule is [B]c1cc(C([B])([B])N2CCOCC2=O)c([B])c([B])c1C([B])([B])Oc1cccc2c1CN(C1CCC(=O)NC1=O)C2=O.